The standard InChI is InChI=1S/C38H53NO4/c1-6-8-10-15-25-39-35-28-33(43-29-32-20-13-12-14-21-32)22-23-34(35)36(41-26-16-11-9-7-2)37(38(39)40)42-27-24-31(5)19-17-18-30(3)4/h12-14,18,20-24,28H,6-11,15-17,19,25-27,29H2,1-5H3/b31-24+. The molecule has 0 N–H and O–H groups in total. The number of aromatic nitrogens is 1. The Bertz CT molecular complexity index is 1370. The molecule has 1 aromatic heterocycles. The summed E-state index contributed by atoms with van der Waals surface area (Å²) in [6.45, 7) is 12.7. The predicted molar refractivity (Wildman–Crippen MR) is 181 cm³/mol. The Morgan fingerprint density at radius 2 is 1.53 bits per heavy atom. The van der Waals surface area contributed by atoms with Gasteiger partial charge < -0.3 is 18.8 Å². The molecule has 0 bridgehead atoms. The Morgan fingerprint density at radius 1 is 0.791 bits per heavy atom. The van der Waals surface area contributed by atoms with Gasteiger partial charge in [-0.2, -0.15) is 0 Å². The molecular weight excluding hydrogens is 534 g/mol. The Balaban J connectivity index is 1.97. The van der Waals surface area contributed by atoms with Crippen LogP contribution in [0.3, 0.4) is 0 Å². The van der Waals surface area contributed by atoms with Crippen LogP contribution in [0, 0.1) is 0 Å². The number of aryl methyl sites for hydroxylation is 1. The normalized spacial score (nSPS) is 11.5. The van der Waals surface area contributed by atoms with E-state index < -0.39 is 0 Å². The average molecular weight is 588 g/mol. The minimum absolute atomic E-state index is 0.136. The first-order valence-electron chi connectivity index (χ1n) is 16.4. The summed E-state index contributed by atoms with van der Waals surface area (Å²) in [5.41, 5.74) is 4.37. The third kappa shape index (κ3) is 11.3. The molecule has 0 spiro atoms. The molecule has 0 fully saturated rings. The Hall–Kier alpha value is -3.47. The van der Waals surface area contributed by atoms with Crippen molar-refractivity contribution in [3.8, 4) is 17.2 Å². The van der Waals surface area contributed by atoms with Gasteiger partial charge in [0.05, 0.1) is 12.1 Å². The van der Waals surface area contributed by atoms with Gasteiger partial charge in [0, 0.05) is 18.0 Å². The molecule has 3 rings (SSSR count). The number of benzene rings is 2. The van der Waals surface area contributed by atoms with Gasteiger partial charge in [0.1, 0.15) is 19.0 Å². The zero-order valence-corrected chi connectivity index (χ0v) is 27.3. The minimum Gasteiger partial charge on any atom is -0.489 e. The number of allylic oxidation sites excluding steroid dienone is 3. The summed E-state index contributed by atoms with van der Waals surface area (Å²) in [5, 5.41) is 0.886. The lowest BCUT2D eigenvalue weighted by atomic mass is 10.1. The topological polar surface area (TPSA) is 49.7 Å². The van der Waals surface area contributed by atoms with Crippen LogP contribution in [-0.2, 0) is 13.2 Å². The maximum absolute atomic E-state index is 14.1. The largest absolute Gasteiger partial charge is 0.489 e. The van der Waals surface area contributed by atoms with Gasteiger partial charge in [0.25, 0.3) is 5.56 Å². The third-order valence-electron chi connectivity index (χ3n) is 7.63. The van der Waals surface area contributed by atoms with Gasteiger partial charge in [-0.25, -0.2) is 0 Å². The van der Waals surface area contributed by atoms with E-state index in [0.717, 1.165) is 80.0 Å². The van der Waals surface area contributed by atoms with E-state index in [4.69, 9.17) is 14.2 Å². The molecule has 3 aromatic rings. The highest BCUT2D eigenvalue weighted by molar-refractivity contribution is 5.89. The smallest absolute Gasteiger partial charge is 0.297 e. The molecule has 0 saturated heterocycles. The van der Waals surface area contributed by atoms with Gasteiger partial charge in [-0.3, -0.25) is 4.79 Å². The Morgan fingerprint density at radius 3 is 2.26 bits per heavy atom. The minimum atomic E-state index is -0.136. The molecule has 0 aliphatic carbocycles. The molecule has 2 aromatic carbocycles. The lowest BCUT2D eigenvalue weighted by Crippen LogP contribution is -2.24. The van der Waals surface area contributed by atoms with Gasteiger partial charge in [-0.1, -0.05) is 99.9 Å². The second kappa shape index (κ2) is 18.9. The van der Waals surface area contributed by atoms with Crippen molar-refractivity contribution in [2.24, 2.45) is 0 Å². The predicted octanol–water partition coefficient (Wildman–Crippen LogP) is 10.2. The fraction of sp³-hybridized carbons (Fsp3) is 0.500. The van der Waals surface area contributed by atoms with Crippen molar-refractivity contribution in [3.05, 3.63) is 87.7 Å². The van der Waals surface area contributed by atoms with E-state index in [1.54, 1.807) is 0 Å². The number of rotatable bonds is 20. The first-order chi connectivity index (χ1) is 20.9. The second-order valence-corrected chi connectivity index (χ2v) is 11.7. The molecule has 43 heavy (non-hydrogen) atoms. The van der Waals surface area contributed by atoms with Crippen molar-refractivity contribution in [3.63, 3.8) is 0 Å². The molecule has 0 amide bonds. The quantitative estimate of drug-likeness (QED) is 0.0975. The number of unbranched alkanes of at least 4 members (excludes halogenated alkanes) is 6. The summed E-state index contributed by atoms with van der Waals surface area (Å²) in [4.78, 5) is 14.1. The summed E-state index contributed by atoms with van der Waals surface area (Å²) in [5.74, 6) is 1.59. The van der Waals surface area contributed by atoms with Crippen LogP contribution in [0.15, 0.2) is 76.6 Å². The van der Waals surface area contributed by atoms with E-state index in [0.29, 0.717) is 37.9 Å². The molecule has 0 aliphatic heterocycles. The van der Waals surface area contributed by atoms with Gasteiger partial charge >= 0.3 is 0 Å². The summed E-state index contributed by atoms with van der Waals surface area (Å²) < 4.78 is 20.7. The number of fused-ring (bicyclic) bond motifs is 1. The van der Waals surface area contributed by atoms with Gasteiger partial charge in [0.2, 0.25) is 5.75 Å². The zero-order chi connectivity index (χ0) is 30.9. The van der Waals surface area contributed by atoms with E-state index >= 15 is 0 Å². The van der Waals surface area contributed by atoms with Crippen LogP contribution in [-0.4, -0.2) is 17.8 Å². The van der Waals surface area contributed by atoms with Gasteiger partial charge in [-0.15, -0.1) is 0 Å². The fourth-order valence-corrected chi connectivity index (χ4v) is 5.06. The molecule has 1 heterocycles. The summed E-state index contributed by atoms with van der Waals surface area (Å²) in [6.07, 6.45) is 15.0. The van der Waals surface area contributed by atoms with Crippen molar-refractivity contribution in [2.45, 2.75) is 112 Å². The molecule has 0 aliphatic rings. The van der Waals surface area contributed by atoms with E-state index in [9.17, 15) is 4.79 Å². The Labute approximate surface area is 259 Å². The van der Waals surface area contributed by atoms with E-state index in [1.807, 2.05) is 41.0 Å². The van der Waals surface area contributed by atoms with Crippen molar-refractivity contribution in [2.75, 3.05) is 13.2 Å². The molecule has 234 valence electrons. The summed E-state index contributed by atoms with van der Waals surface area (Å²) >= 11 is 0. The zero-order valence-electron chi connectivity index (χ0n) is 27.3. The molecule has 0 radical (unpaired) electrons. The second-order valence-electron chi connectivity index (χ2n) is 11.7. The van der Waals surface area contributed by atoms with Crippen LogP contribution in [0.1, 0.15) is 104 Å². The van der Waals surface area contributed by atoms with Crippen LogP contribution in [0.2, 0.25) is 0 Å². The average Bonchev–Trinajstić information content (AvgIpc) is 3.00. The van der Waals surface area contributed by atoms with Crippen molar-refractivity contribution < 1.29 is 14.2 Å². The Kier molecular flexibility index (Phi) is 15.0. The molecule has 5 heteroatoms. The summed E-state index contributed by atoms with van der Waals surface area (Å²) in [7, 11) is 0. The number of nitrogens with zero attached hydrogens (tertiary/aromatic N) is 1. The highest BCUT2D eigenvalue weighted by Crippen LogP contribution is 2.35. The lowest BCUT2D eigenvalue weighted by Gasteiger charge is -2.19. The van der Waals surface area contributed by atoms with E-state index in [-0.39, 0.29) is 5.56 Å². The van der Waals surface area contributed by atoms with Gasteiger partial charge in [0.15, 0.2) is 5.75 Å². The molecule has 5 nitrogen and oxygen atoms in total. The maximum atomic E-state index is 14.1. The maximum Gasteiger partial charge on any atom is 0.297 e. The van der Waals surface area contributed by atoms with Crippen molar-refractivity contribution in [1.29, 1.82) is 0 Å². The highest BCUT2D eigenvalue weighted by Gasteiger charge is 2.20. The molecule has 0 atom stereocenters. The fourth-order valence-electron chi connectivity index (χ4n) is 5.06. The first kappa shape index (κ1) is 34.0. The van der Waals surface area contributed by atoms with Gasteiger partial charge in [-0.05, 0) is 70.2 Å². The van der Waals surface area contributed by atoms with E-state index in [2.05, 4.69) is 58.9 Å². The van der Waals surface area contributed by atoms with Crippen molar-refractivity contribution >= 4 is 10.9 Å². The monoisotopic (exact) mass is 587 g/mol. The lowest BCUT2D eigenvalue weighted by molar-refractivity contribution is 0.275. The number of ether oxygens (including phenoxy) is 3. The number of hydrogen-bond donors (Lipinski definition) is 0. The van der Waals surface area contributed by atoms with Crippen LogP contribution < -0.4 is 19.8 Å². The van der Waals surface area contributed by atoms with Crippen molar-refractivity contribution in [1.82, 2.24) is 4.57 Å². The first-order valence-corrected chi connectivity index (χ1v) is 16.4. The van der Waals surface area contributed by atoms with E-state index in [1.165, 1.54) is 17.6 Å². The summed E-state index contributed by atoms with van der Waals surface area (Å²) in [6, 6.07) is 16.1. The third-order valence-corrected chi connectivity index (χ3v) is 7.63. The van der Waals surface area contributed by atoms with Crippen LogP contribution in [0.4, 0.5) is 0 Å². The SMILES string of the molecule is CCCCCCOc1c(OC/C=C(\C)CCC=C(C)C)c(=O)n(CCCCCC)c2cc(OCc3ccccc3)ccc12. The number of pyridine rings is 1. The highest BCUT2D eigenvalue weighted by atomic mass is 16.5. The van der Waals surface area contributed by atoms with Crippen LogP contribution >= 0.6 is 0 Å². The molecular formula is C38H53NO4. The van der Waals surface area contributed by atoms with Crippen LogP contribution in [0.25, 0.3) is 10.9 Å². The van der Waals surface area contributed by atoms with Crippen LogP contribution in [0.5, 0.6) is 17.2 Å². The molecule has 0 unspecified atom stereocenters. The number of hydrogen-bond acceptors (Lipinski definition) is 4. The molecule has 0 saturated carbocycles.